The number of esters is 2. The number of carbonyl (C=O) groups excluding carboxylic acids is 2. The van der Waals surface area contributed by atoms with Gasteiger partial charge < -0.3 is 9.47 Å². The minimum atomic E-state index is -0.396. The van der Waals surface area contributed by atoms with Gasteiger partial charge in [0.25, 0.3) is 0 Å². The number of hydrogen-bond donors (Lipinski definition) is 0. The fourth-order valence-electron chi connectivity index (χ4n) is 9.69. The lowest BCUT2D eigenvalue weighted by Gasteiger charge is -2.61. The summed E-state index contributed by atoms with van der Waals surface area (Å²) in [5, 5.41) is 0. The molecule has 0 spiro atoms. The maximum Gasteiger partial charge on any atom is 0.308 e. The quantitative estimate of drug-likeness (QED) is 0.319. The highest BCUT2D eigenvalue weighted by Crippen LogP contribution is 2.68. The number of hydrogen-bond acceptors (Lipinski definition) is 4. The molecule has 4 rings (SSSR count). The maximum atomic E-state index is 12.5. The first-order valence-corrected chi connectivity index (χ1v) is 15.7. The van der Waals surface area contributed by atoms with E-state index in [1.807, 2.05) is 27.7 Å². The SMILES string of the molecule is CCC(C)C(=O)OC1CCC2(C)C(CCC3C2CCC2(C)C(C(C)CCC(=O)OC(C)(C)C)CCC32)C1. The van der Waals surface area contributed by atoms with Crippen molar-refractivity contribution in [3.8, 4) is 0 Å². The van der Waals surface area contributed by atoms with Gasteiger partial charge in [-0.2, -0.15) is 0 Å². The molecule has 4 heteroatoms. The first-order valence-electron chi connectivity index (χ1n) is 15.7. The van der Waals surface area contributed by atoms with Crippen LogP contribution < -0.4 is 0 Å². The van der Waals surface area contributed by atoms with E-state index in [0.717, 1.165) is 49.4 Å². The third-order valence-corrected chi connectivity index (χ3v) is 11.9. The second-order valence-electron chi connectivity index (χ2n) is 15.1. The summed E-state index contributed by atoms with van der Waals surface area (Å²) >= 11 is 0. The molecule has 0 amide bonds. The highest BCUT2D eigenvalue weighted by Gasteiger charge is 2.60. The van der Waals surface area contributed by atoms with Crippen LogP contribution in [0.2, 0.25) is 0 Å². The summed E-state index contributed by atoms with van der Waals surface area (Å²) in [7, 11) is 0. The van der Waals surface area contributed by atoms with E-state index < -0.39 is 5.60 Å². The smallest absolute Gasteiger partial charge is 0.308 e. The summed E-state index contributed by atoms with van der Waals surface area (Å²) in [5.41, 5.74) is 0.428. The molecule has 10 atom stereocenters. The second-order valence-corrected chi connectivity index (χ2v) is 15.1. The molecule has 4 aliphatic carbocycles. The third-order valence-electron chi connectivity index (χ3n) is 11.9. The molecule has 0 aromatic carbocycles. The topological polar surface area (TPSA) is 52.6 Å². The predicted molar refractivity (Wildman–Crippen MR) is 149 cm³/mol. The van der Waals surface area contributed by atoms with Gasteiger partial charge in [-0.15, -0.1) is 0 Å². The van der Waals surface area contributed by atoms with Crippen LogP contribution in [0.5, 0.6) is 0 Å². The Labute approximate surface area is 227 Å². The fraction of sp³-hybridized carbons (Fsp3) is 0.939. The standard InChI is InChI=1S/C33H56O4/c1-9-21(2)30(35)36-24-16-18-32(7)23(20-24)11-12-25-27-14-13-26(33(27,8)19-17-28(25)32)22(3)10-15-29(34)37-31(4,5)6/h21-28H,9-20H2,1-8H3. The molecule has 10 unspecified atom stereocenters. The van der Waals surface area contributed by atoms with Crippen LogP contribution in [0.1, 0.15) is 132 Å². The lowest BCUT2D eigenvalue weighted by molar-refractivity contribution is -0.166. The molecule has 37 heavy (non-hydrogen) atoms. The van der Waals surface area contributed by atoms with Crippen LogP contribution >= 0.6 is 0 Å². The van der Waals surface area contributed by atoms with Crippen molar-refractivity contribution < 1.29 is 19.1 Å². The van der Waals surface area contributed by atoms with Crippen LogP contribution in [0.3, 0.4) is 0 Å². The largest absolute Gasteiger partial charge is 0.462 e. The third kappa shape index (κ3) is 5.79. The van der Waals surface area contributed by atoms with Crippen LogP contribution in [0.25, 0.3) is 0 Å². The minimum Gasteiger partial charge on any atom is -0.462 e. The van der Waals surface area contributed by atoms with Gasteiger partial charge in [0.1, 0.15) is 11.7 Å². The molecular weight excluding hydrogens is 460 g/mol. The van der Waals surface area contributed by atoms with Crippen LogP contribution in [0, 0.1) is 52.3 Å². The molecule has 212 valence electrons. The van der Waals surface area contributed by atoms with Crippen LogP contribution in [-0.2, 0) is 19.1 Å². The second kappa shape index (κ2) is 10.8. The van der Waals surface area contributed by atoms with E-state index in [1.165, 1.54) is 44.9 Å². The Morgan fingerprint density at radius 1 is 0.919 bits per heavy atom. The summed E-state index contributed by atoms with van der Waals surface area (Å²) in [6.07, 6.45) is 13.9. The molecule has 0 aromatic rings. The summed E-state index contributed by atoms with van der Waals surface area (Å²) in [6.45, 7) is 17.5. The molecule has 0 aliphatic heterocycles. The van der Waals surface area contributed by atoms with Crippen molar-refractivity contribution in [2.45, 2.75) is 144 Å². The Morgan fingerprint density at radius 2 is 1.59 bits per heavy atom. The minimum absolute atomic E-state index is 0.0102. The lowest BCUT2D eigenvalue weighted by Crippen LogP contribution is -2.54. The van der Waals surface area contributed by atoms with E-state index in [-0.39, 0.29) is 24.0 Å². The molecule has 0 radical (unpaired) electrons. The van der Waals surface area contributed by atoms with E-state index >= 15 is 0 Å². The highest BCUT2D eigenvalue weighted by atomic mass is 16.6. The van der Waals surface area contributed by atoms with Gasteiger partial charge in [-0.05, 0) is 138 Å². The Kier molecular flexibility index (Phi) is 8.48. The van der Waals surface area contributed by atoms with E-state index in [4.69, 9.17) is 9.47 Å². The zero-order valence-electron chi connectivity index (χ0n) is 25.2. The number of fused-ring (bicyclic) bond motifs is 5. The Bertz CT molecular complexity index is 829. The molecular formula is C33H56O4. The molecule has 4 fully saturated rings. The van der Waals surface area contributed by atoms with Crippen molar-refractivity contribution in [1.29, 1.82) is 0 Å². The Hall–Kier alpha value is -1.06. The van der Waals surface area contributed by atoms with E-state index in [0.29, 0.717) is 29.1 Å². The van der Waals surface area contributed by atoms with Gasteiger partial charge in [0, 0.05) is 6.42 Å². The van der Waals surface area contributed by atoms with Gasteiger partial charge in [-0.1, -0.05) is 34.6 Å². The summed E-state index contributed by atoms with van der Waals surface area (Å²) in [6, 6.07) is 0. The number of ether oxygens (including phenoxy) is 2. The first-order chi connectivity index (χ1) is 17.3. The number of rotatable bonds is 7. The molecule has 0 saturated heterocycles. The predicted octanol–water partition coefficient (Wildman–Crippen LogP) is 8.36. The maximum absolute atomic E-state index is 12.5. The molecule has 0 heterocycles. The van der Waals surface area contributed by atoms with Crippen molar-refractivity contribution in [1.82, 2.24) is 0 Å². The van der Waals surface area contributed by atoms with Crippen LogP contribution in [0.15, 0.2) is 0 Å². The van der Waals surface area contributed by atoms with Gasteiger partial charge >= 0.3 is 11.9 Å². The highest BCUT2D eigenvalue weighted by molar-refractivity contribution is 5.72. The van der Waals surface area contributed by atoms with Crippen molar-refractivity contribution in [3.63, 3.8) is 0 Å². The zero-order valence-corrected chi connectivity index (χ0v) is 25.2. The number of carbonyl (C=O) groups is 2. The first kappa shape index (κ1) is 28.9. The van der Waals surface area contributed by atoms with Gasteiger partial charge in [-0.3, -0.25) is 9.59 Å². The van der Waals surface area contributed by atoms with E-state index in [2.05, 4.69) is 27.7 Å². The molecule has 0 aromatic heterocycles. The van der Waals surface area contributed by atoms with E-state index in [1.54, 1.807) is 0 Å². The van der Waals surface area contributed by atoms with Gasteiger partial charge in [0.15, 0.2) is 0 Å². The van der Waals surface area contributed by atoms with Gasteiger partial charge in [0.05, 0.1) is 5.92 Å². The van der Waals surface area contributed by atoms with Crippen molar-refractivity contribution in [2.75, 3.05) is 0 Å². The molecule has 0 N–H and O–H groups in total. The van der Waals surface area contributed by atoms with Crippen molar-refractivity contribution >= 4 is 11.9 Å². The zero-order chi connectivity index (χ0) is 27.2. The average Bonchev–Trinajstić information content (AvgIpc) is 3.18. The van der Waals surface area contributed by atoms with Crippen molar-refractivity contribution in [2.24, 2.45) is 52.3 Å². The molecule has 4 saturated carbocycles. The monoisotopic (exact) mass is 516 g/mol. The van der Waals surface area contributed by atoms with Crippen LogP contribution in [-0.4, -0.2) is 23.6 Å². The Balaban J connectivity index is 1.37. The van der Waals surface area contributed by atoms with E-state index in [9.17, 15) is 9.59 Å². The summed E-state index contributed by atoms with van der Waals surface area (Å²) < 4.78 is 11.6. The molecule has 4 nitrogen and oxygen atoms in total. The van der Waals surface area contributed by atoms with Gasteiger partial charge in [0.2, 0.25) is 0 Å². The van der Waals surface area contributed by atoms with Crippen LogP contribution in [0.4, 0.5) is 0 Å². The fourth-order valence-corrected chi connectivity index (χ4v) is 9.69. The average molecular weight is 517 g/mol. The normalized spacial score (nSPS) is 41.1. The molecule has 4 aliphatic rings. The van der Waals surface area contributed by atoms with Crippen molar-refractivity contribution in [3.05, 3.63) is 0 Å². The molecule has 0 bridgehead atoms. The Morgan fingerprint density at radius 3 is 2.27 bits per heavy atom. The summed E-state index contributed by atoms with van der Waals surface area (Å²) in [4.78, 5) is 24.8. The lowest BCUT2D eigenvalue weighted by atomic mass is 9.44. The summed E-state index contributed by atoms with van der Waals surface area (Å²) in [5.74, 6) is 4.49. The van der Waals surface area contributed by atoms with Gasteiger partial charge in [-0.25, -0.2) is 0 Å².